The van der Waals surface area contributed by atoms with Gasteiger partial charge in [0.25, 0.3) is 0 Å². The van der Waals surface area contributed by atoms with Crippen LogP contribution >= 0.6 is 11.8 Å². The Morgan fingerprint density at radius 3 is 2.56 bits per heavy atom. The zero-order valence-corrected chi connectivity index (χ0v) is 10.8. The molecule has 1 unspecified atom stereocenters. The van der Waals surface area contributed by atoms with E-state index in [-0.39, 0.29) is 5.82 Å². The SMILES string of the molecule is CCCNC(CCSC)c1ccc(F)cc1. The van der Waals surface area contributed by atoms with E-state index >= 15 is 0 Å². The van der Waals surface area contributed by atoms with E-state index in [1.54, 1.807) is 0 Å². The van der Waals surface area contributed by atoms with E-state index in [1.165, 1.54) is 17.7 Å². The highest BCUT2D eigenvalue weighted by Crippen LogP contribution is 2.19. The summed E-state index contributed by atoms with van der Waals surface area (Å²) in [7, 11) is 0. The number of hydrogen-bond acceptors (Lipinski definition) is 2. The van der Waals surface area contributed by atoms with Gasteiger partial charge in [0.1, 0.15) is 5.82 Å². The van der Waals surface area contributed by atoms with Crippen LogP contribution in [0.3, 0.4) is 0 Å². The topological polar surface area (TPSA) is 12.0 Å². The third kappa shape index (κ3) is 4.54. The van der Waals surface area contributed by atoms with Crippen molar-refractivity contribution < 1.29 is 4.39 Å². The number of rotatable bonds is 7. The predicted octanol–water partition coefficient (Wildman–Crippen LogP) is 3.62. The predicted molar refractivity (Wildman–Crippen MR) is 70.4 cm³/mol. The Balaban J connectivity index is 2.62. The van der Waals surface area contributed by atoms with Crippen LogP contribution in [0.5, 0.6) is 0 Å². The lowest BCUT2D eigenvalue weighted by Crippen LogP contribution is -2.22. The third-order valence-electron chi connectivity index (χ3n) is 2.52. The fourth-order valence-electron chi connectivity index (χ4n) is 1.64. The molecule has 1 N–H and O–H groups in total. The third-order valence-corrected chi connectivity index (χ3v) is 3.17. The number of benzene rings is 1. The first-order valence-electron chi connectivity index (χ1n) is 5.75. The van der Waals surface area contributed by atoms with Crippen LogP contribution in [0.2, 0.25) is 0 Å². The van der Waals surface area contributed by atoms with Crippen LogP contribution in [0.4, 0.5) is 4.39 Å². The Bertz CT molecular complexity index is 278. The molecule has 0 fully saturated rings. The molecule has 0 aliphatic carbocycles. The van der Waals surface area contributed by atoms with Gasteiger partial charge in [-0.1, -0.05) is 19.1 Å². The first-order chi connectivity index (χ1) is 7.77. The molecule has 0 aliphatic heterocycles. The highest BCUT2D eigenvalue weighted by Gasteiger charge is 2.09. The maximum Gasteiger partial charge on any atom is 0.123 e. The summed E-state index contributed by atoms with van der Waals surface area (Å²) in [4.78, 5) is 0. The summed E-state index contributed by atoms with van der Waals surface area (Å²) in [5.74, 6) is 0.960. The molecule has 1 nitrogen and oxygen atoms in total. The van der Waals surface area contributed by atoms with E-state index in [4.69, 9.17) is 0 Å². The molecule has 0 amide bonds. The van der Waals surface area contributed by atoms with Crippen LogP contribution in [-0.4, -0.2) is 18.6 Å². The Labute approximate surface area is 102 Å². The number of hydrogen-bond donors (Lipinski definition) is 1. The summed E-state index contributed by atoms with van der Waals surface area (Å²) in [6.07, 6.45) is 4.32. The molecule has 90 valence electrons. The number of nitrogens with one attached hydrogen (secondary N) is 1. The van der Waals surface area contributed by atoms with Crippen molar-refractivity contribution >= 4 is 11.8 Å². The lowest BCUT2D eigenvalue weighted by molar-refractivity contribution is 0.520. The van der Waals surface area contributed by atoms with Crippen molar-refractivity contribution in [1.82, 2.24) is 5.32 Å². The Morgan fingerprint density at radius 2 is 2.00 bits per heavy atom. The summed E-state index contributed by atoms with van der Waals surface area (Å²) in [6.45, 7) is 3.17. The van der Waals surface area contributed by atoms with Crippen molar-refractivity contribution in [3.05, 3.63) is 35.6 Å². The minimum absolute atomic E-state index is 0.164. The summed E-state index contributed by atoms with van der Waals surface area (Å²) < 4.78 is 12.8. The lowest BCUT2D eigenvalue weighted by atomic mass is 10.0. The smallest absolute Gasteiger partial charge is 0.123 e. The molecule has 16 heavy (non-hydrogen) atoms. The van der Waals surface area contributed by atoms with Gasteiger partial charge in [0.2, 0.25) is 0 Å². The number of halogens is 1. The Kier molecular flexibility index (Phi) is 6.50. The van der Waals surface area contributed by atoms with Crippen LogP contribution in [0.15, 0.2) is 24.3 Å². The molecule has 0 aliphatic rings. The van der Waals surface area contributed by atoms with Crippen molar-refractivity contribution in [3.8, 4) is 0 Å². The molecule has 0 spiro atoms. The zero-order valence-electron chi connectivity index (χ0n) is 10.0. The first kappa shape index (κ1) is 13.5. The molecule has 1 rings (SSSR count). The van der Waals surface area contributed by atoms with Gasteiger partial charge in [-0.05, 0) is 49.1 Å². The molecule has 0 heterocycles. The monoisotopic (exact) mass is 241 g/mol. The van der Waals surface area contributed by atoms with Crippen molar-refractivity contribution in [1.29, 1.82) is 0 Å². The van der Waals surface area contributed by atoms with E-state index in [0.717, 1.165) is 25.1 Å². The maximum absolute atomic E-state index is 12.8. The van der Waals surface area contributed by atoms with Crippen molar-refractivity contribution in [2.75, 3.05) is 18.6 Å². The second kappa shape index (κ2) is 7.69. The van der Waals surface area contributed by atoms with Gasteiger partial charge >= 0.3 is 0 Å². The quantitative estimate of drug-likeness (QED) is 0.782. The highest BCUT2D eigenvalue weighted by molar-refractivity contribution is 7.98. The molecule has 1 atom stereocenters. The lowest BCUT2D eigenvalue weighted by Gasteiger charge is -2.18. The molecule has 1 aromatic carbocycles. The van der Waals surface area contributed by atoms with Gasteiger partial charge in [-0.15, -0.1) is 0 Å². The van der Waals surface area contributed by atoms with E-state index in [2.05, 4.69) is 18.5 Å². The Morgan fingerprint density at radius 1 is 1.31 bits per heavy atom. The van der Waals surface area contributed by atoms with Gasteiger partial charge in [0.05, 0.1) is 0 Å². The van der Waals surface area contributed by atoms with E-state index in [0.29, 0.717) is 6.04 Å². The van der Waals surface area contributed by atoms with Crippen LogP contribution in [0, 0.1) is 5.82 Å². The molecule has 0 aromatic heterocycles. The molecule has 1 aromatic rings. The van der Waals surface area contributed by atoms with Crippen molar-refractivity contribution in [2.45, 2.75) is 25.8 Å². The summed E-state index contributed by atoms with van der Waals surface area (Å²) >= 11 is 1.85. The van der Waals surface area contributed by atoms with Crippen molar-refractivity contribution in [3.63, 3.8) is 0 Å². The van der Waals surface area contributed by atoms with Gasteiger partial charge in [0, 0.05) is 6.04 Å². The minimum atomic E-state index is -0.164. The van der Waals surface area contributed by atoms with Gasteiger partial charge in [-0.25, -0.2) is 4.39 Å². The van der Waals surface area contributed by atoms with Crippen LogP contribution < -0.4 is 5.32 Å². The molecular weight excluding hydrogens is 221 g/mol. The maximum atomic E-state index is 12.8. The standard InChI is InChI=1S/C13H20FNS/c1-3-9-15-13(8-10-16-2)11-4-6-12(14)7-5-11/h4-7,13,15H,3,8-10H2,1-2H3. The van der Waals surface area contributed by atoms with Gasteiger partial charge < -0.3 is 5.32 Å². The summed E-state index contributed by atoms with van der Waals surface area (Å²) in [5.41, 5.74) is 1.18. The van der Waals surface area contributed by atoms with Crippen LogP contribution in [0.25, 0.3) is 0 Å². The molecule has 0 saturated heterocycles. The average Bonchev–Trinajstić information content (AvgIpc) is 2.31. The summed E-state index contributed by atoms with van der Waals surface area (Å²) in [6, 6.07) is 7.18. The minimum Gasteiger partial charge on any atom is -0.310 e. The fraction of sp³-hybridized carbons (Fsp3) is 0.538. The van der Waals surface area contributed by atoms with Gasteiger partial charge in [-0.3, -0.25) is 0 Å². The average molecular weight is 241 g/mol. The van der Waals surface area contributed by atoms with E-state index in [9.17, 15) is 4.39 Å². The molecule has 0 saturated carbocycles. The molecule has 0 bridgehead atoms. The van der Waals surface area contributed by atoms with Gasteiger partial charge in [-0.2, -0.15) is 11.8 Å². The molecule has 3 heteroatoms. The first-order valence-corrected chi connectivity index (χ1v) is 7.15. The van der Waals surface area contributed by atoms with E-state index in [1.807, 2.05) is 23.9 Å². The second-order valence-electron chi connectivity index (χ2n) is 3.84. The van der Waals surface area contributed by atoms with E-state index < -0.39 is 0 Å². The van der Waals surface area contributed by atoms with Gasteiger partial charge in [0.15, 0.2) is 0 Å². The largest absolute Gasteiger partial charge is 0.310 e. The zero-order chi connectivity index (χ0) is 11.8. The van der Waals surface area contributed by atoms with Crippen molar-refractivity contribution in [2.24, 2.45) is 0 Å². The Hall–Kier alpha value is -0.540. The second-order valence-corrected chi connectivity index (χ2v) is 4.83. The van der Waals surface area contributed by atoms with Crippen LogP contribution in [-0.2, 0) is 0 Å². The fourth-order valence-corrected chi connectivity index (χ4v) is 2.11. The molecular formula is C13H20FNS. The number of thioether (sulfide) groups is 1. The summed E-state index contributed by atoms with van der Waals surface area (Å²) in [5, 5.41) is 3.50. The highest BCUT2D eigenvalue weighted by atomic mass is 32.2. The van der Waals surface area contributed by atoms with Crippen LogP contribution in [0.1, 0.15) is 31.4 Å². The normalized spacial score (nSPS) is 12.7. The molecule has 0 radical (unpaired) electrons.